The number of fused-ring (bicyclic) bond motifs is 2. The Balaban J connectivity index is 2.14. The number of carbonyl (C=O) groups excluding carboxylic acids is 1. The lowest BCUT2D eigenvalue weighted by Gasteiger charge is -2.41. The van der Waals surface area contributed by atoms with Crippen molar-refractivity contribution >= 4 is 16.9 Å². The van der Waals surface area contributed by atoms with Crippen LogP contribution >= 0.6 is 0 Å². The van der Waals surface area contributed by atoms with Gasteiger partial charge in [-0.2, -0.15) is 0 Å². The Morgan fingerprint density at radius 3 is 2.72 bits per heavy atom. The van der Waals surface area contributed by atoms with Crippen molar-refractivity contribution in [2.24, 2.45) is 0 Å². The molecule has 0 aliphatic carbocycles. The highest BCUT2D eigenvalue weighted by molar-refractivity contribution is 5.88. The number of hydrogen-bond acceptors (Lipinski definition) is 6. The molecule has 0 unspecified atom stereocenters. The Kier molecular flexibility index (Phi) is 4.16. The molecule has 1 aromatic heterocycles. The van der Waals surface area contributed by atoms with E-state index in [1.54, 1.807) is 52.0 Å². The lowest BCUT2D eigenvalue weighted by Crippen LogP contribution is -2.49. The monoisotopic (exact) mass is 344 g/mol. The topological polar surface area (TPSA) is 86.0 Å². The number of allylic oxidation sites excluding steroid dienone is 1. The zero-order valence-electron chi connectivity index (χ0n) is 14.5. The summed E-state index contributed by atoms with van der Waals surface area (Å²) >= 11 is 0. The lowest BCUT2D eigenvalue weighted by molar-refractivity contribution is -0.166. The van der Waals surface area contributed by atoms with E-state index in [0.717, 1.165) is 0 Å². The zero-order chi connectivity index (χ0) is 18.4. The quantitative estimate of drug-likeness (QED) is 0.512. The summed E-state index contributed by atoms with van der Waals surface area (Å²) in [6, 6.07) is 6.21. The van der Waals surface area contributed by atoms with Crippen LogP contribution in [-0.4, -0.2) is 22.8 Å². The zero-order valence-corrected chi connectivity index (χ0v) is 14.5. The highest BCUT2D eigenvalue weighted by Crippen LogP contribution is 2.43. The molecule has 0 radical (unpaired) electrons. The van der Waals surface area contributed by atoms with Crippen LogP contribution in [-0.2, 0) is 9.53 Å². The van der Waals surface area contributed by atoms with E-state index < -0.39 is 29.4 Å². The van der Waals surface area contributed by atoms with Crippen molar-refractivity contribution in [1.82, 2.24) is 0 Å². The second-order valence-electron chi connectivity index (χ2n) is 6.63. The standard InChI is InChI=1S/C19H20O6/c1-5-10(2)18(22)24-16-12-8-11-6-7-15(20)23-13(11)9-14(12)25-19(3,4)17(16)21/h5-9,16-17,21H,1-4H3/b10-5-/t16-,17+/m1/s1. The van der Waals surface area contributed by atoms with E-state index in [-0.39, 0.29) is 0 Å². The van der Waals surface area contributed by atoms with Crippen LogP contribution in [0.4, 0.5) is 0 Å². The molecule has 1 aliphatic rings. The Labute approximate surface area is 144 Å². The SMILES string of the molecule is C/C=C(/C)C(=O)O[C@@H]1c2cc3ccc(=O)oc3cc2OC(C)(C)[C@H]1O. The van der Waals surface area contributed by atoms with Gasteiger partial charge in [-0.25, -0.2) is 9.59 Å². The van der Waals surface area contributed by atoms with Crippen LogP contribution in [0, 0.1) is 0 Å². The first-order valence-electron chi connectivity index (χ1n) is 8.01. The Morgan fingerprint density at radius 2 is 2.04 bits per heavy atom. The van der Waals surface area contributed by atoms with Gasteiger partial charge in [0.15, 0.2) is 6.10 Å². The molecule has 1 aromatic carbocycles. The molecule has 1 N–H and O–H groups in total. The summed E-state index contributed by atoms with van der Waals surface area (Å²) in [4.78, 5) is 23.6. The van der Waals surface area contributed by atoms with E-state index >= 15 is 0 Å². The Morgan fingerprint density at radius 1 is 1.32 bits per heavy atom. The highest BCUT2D eigenvalue weighted by atomic mass is 16.6. The number of benzene rings is 1. The molecule has 0 amide bonds. The summed E-state index contributed by atoms with van der Waals surface area (Å²) in [6.45, 7) is 6.80. The second kappa shape index (κ2) is 6.04. The third kappa shape index (κ3) is 3.05. The van der Waals surface area contributed by atoms with Gasteiger partial charge in [0.25, 0.3) is 0 Å². The number of hydrogen-bond donors (Lipinski definition) is 1. The van der Waals surface area contributed by atoms with E-state index in [0.29, 0.717) is 27.9 Å². The van der Waals surface area contributed by atoms with Crippen molar-refractivity contribution in [2.75, 3.05) is 0 Å². The minimum atomic E-state index is -1.05. The van der Waals surface area contributed by atoms with E-state index in [1.807, 2.05) is 0 Å². The molecule has 132 valence electrons. The predicted molar refractivity (Wildman–Crippen MR) is 91.5 cm³/mol. The molecule has 2 heterocycles. The van der Waals surface area contributed by atoms with Gasteiger partial charge in [-0.15, -0.1) is 0 Å². The molecule has 2 aromatic rings. The fourth-order valence-electron chi connectivity index (χ4n) is 2.76. The van der Waals surface area contributed by atoms with E-state index in [2.05, 4.69) is 0 Å². The maximum absolute atomic E-state index is 12.2. The average Bonchev–Trinajstić information content (AvgIpc) is 2.56. The van der Waals surface area contributed by atoms with Crippen LogP contribution in [0.15, 0.2) is 45.1 Å². The molecule has 0 saturated carbocycles. The van der Waals surface area contributed by atoms with Crippen LogP contribution in [0.3, 0.4) is 0 Å². The van der Waals surface area contributed by atoms with E-state index in [9.17, 15) is 14.7 Å². The van der Waals surface area contributed by atoms with Gasteiger partial charge in [0.05, 0.1) is 0 Å². The molecule has 0 bridgehead atoms. The number of rotatable bonds is 2. The molecular formula is C19H20O6. The van der Waals surface area contributed by atoms with E-state index in [1.165, 1.54) is 6.07 Å². The predicted octanol–water partition coefficient (Wildman–Crippen LogP) is 2.88. The Bertz CT molecular complexity index is 921. The molecule has 6 heteroatoms. The normalized spacial score (nSPS) is 22.2. The summed E-state index contributed by atoms with van der Waals surface area (Å²) in [5, 5.41) is 11.3. The third-order valence-electron chi connectivity index (χ3n) is 4.42. The molecule has 0 fully saturated rings. The fraction of sp³-hybridized carbons (Fsp3) is 0.368. The molecule has 1 aliphatic heterocycles. The van der Waals surface area contributed by atoms with Crippen LogP contribution in [0.5, 0.6) is 5.75 Å². The van der Waals surface area contributed by atoms with Gasteiger partial charge in [-0.1, -0.05) is 6.08 Å². The van der Waals surface area contributed by atoms with Gasteiger partial charge in [-0.3, -0.25) is 0 Å². The van der Waals surface area contributed by atoms with Gasteiger partial charge in [-0.05, 0) is 39.8 Å². The Hall–Kier alpha value is -2.60. The largest absolute Gasteiger partial charge is 0.484 e. The van der Waals surface area contributed by atoms with Crippen LogP contribution in [0.1, 0.15) is 39.4 Å². The number of ether oxygens (including phenoxy) is 2. The van der Waals surface area contributed by atoms with Gasteiger partial charge in [0.1, 0.15) is 23.0 Å². The minimum Gasteiger partial charge on any atom is -0.484 e. The summed E-state index contributed by atoms with van der Waals surface area (Å²) in [6.07, 6.45) is -0.297. The first kappa shape index (κ1) is 17.2. The van der Waals surface area contributed by atoms with Gasteiger partial charge >= 0.3 is 11.6 Å². The average molecular weight is 344 g/mol. The maximum Gasteiger partial charge on any atom is 0.336 e. The summed E-state index contributed by atoms with van der Waals surface area (Å²) in [7, 11) is 0. The van der Waals surface area contributed by atoms with Crippen molar-refractivity contribution < 1.29 is 23.8 Å². The van der Waals surface area contributed by atoms with Crippen molar-refractivity contribution in [3.63, 3.8) is 0 Å². The first-order chi connectivity index (χ1) is 11.7. The number of aliphatic hydroxyl groups excluding tert-OH is 1. The van der Waals surface area contributed by atoms with Crippen molar-refractivity contribution in [3.05, 3.63) is 51.9 Å². The fourth-order valence-corrected chi connectivity index (χ4v) is 2.76. The van der Waals surface area contributed by atoms with Crippen molar-refractivity contribution in [2.45, 2.75) is 45.5 Å². The van der Waals surface area contributed by atoms with Crippen LogP contribution in [0.2, 0.25) is 0 Å². The molecule has 25 heavy (non-hydrogen) atoms. The first-order valence-corrected chi connectivity index (χ1v) is 8.01. The minimum absolute atomic E-state index is 0.369. The number of carbonyl (C=O) groups is 1. The molecule has 6 nitrogen and oxygen atoms in total. The highest BCUT2D eigenvalue weighted by Gasteiger charge is 2.45. The molecular weight excluding hydrogens is 324 g/mol. The second-order valence-corrected chi connectivity index (χ2v) is 6.63. The van der Waals surface area contributed by atoms with Crippen LogP contribution in [0.25, 0.3) is 11.0 Å². The van der Waals surface area contributed by atoms with Gasteiger partial charge < -0.3 is 19.0 Å². The van der Waals surface area contributed by atoms with Crippen molar-refractivity contribution in [1.29, 1.82) is 0 Å². The molecule has 0 spiro atoms. The third-order valence-corrected chi connectivity index (χ3v) is 4.42. The summed E-state index contributed by atoms with van der Waals surface area (Å²) in [5.41, 5.74) is -0.0949. The molecule has 3 rings (SSSR count). The summed E-state index contributed by atoms with van der Waals surface area (Å²) < 4.78 is 16.6. The van der Waals surface area contributed by atoms with Gasteiger partial charge in [0.2, 0.25) is 0 Å². The van der Waals surface area contributed by atoms with Crippen LogP contribution < -0.4 is 10.4 Å². The molecule has 2 atom stereocenters. The van der Waals surface area contributed by atoms with Gasteiger partial charge in [0, 0.05) is 28.7 Å². The lowest BCUT2D eigenvalue weighted by atomic mass is 9.87. The smallest absolute Gasteiger partial charge is 0.336 e. The number of esters is 1. The number of aliphatic hydroxyl groups is 1. The molecule has 0 saturated heterocycles. The summed E-state index contributed by atoms with van der Waals surface area (Å²) in [5.74, 6) is -0.0945. The maximum atomic E-state index is 12.2. The van der Waals surface area contributed by atoms with Crippen molar-refractivity contribution in [3.8, 4) is 5.75 Å². The van der Waals surface area contributed by atoms with E-state index in [4.69, 9.17) is 13.9 Å².